The van der Waals surface area contributed by atoms with Crippen molar-refractivity contribution >= 4 is 33.4 Å². The first kappa shape index (κ1) is 29.6. The zero-order chi connectivity index (χ0) is 31.1. The number of nitrogens with zero attached hydrogens (tertiary/aromatic N) is 5. The van der Waals surface area contributed by atoms with Crippen LogP contribution in [0.3, 0.4) is 0 Å². The number of imidazole rings is 1. The maximum atomic E-state index is 14.3. The lowest BCUT2D eigenvalue weighted by molar-refractivity contribution is 0.0929. The van der Waals surface area contributed by atoms with Crippen molar-refractivity contribution in [3.63, 3.8) is 0 Å². The molecule has 1 fully saturated rings. The largest absolute Gasteiger partial charge is 0.490 e. The fourth-order valence-corrected chi connectivity index (χ4v) is 6.33. The number of benzene rings is 3. The van der Waals surface area contributed by atoms with Crippen molar-refractivity contribution in [2.24, 2.45) is 0 Å². The number of hydrogen-bond acceptors (Lipinski definition) is 5. The molecule has 45 heavy (non-hydrogen) atoms. The van der Waals surface area contributed by atoms with Crippen molar-refractivity contribution in [2.45, 2.75) is 51.5 Å². The Balaban J connectivity index is 1.24. The highest BCUT2D eigenvalue weighted by Crippen LogP contribution is 2.29. The molecule has 1 N–H and O–H groups in total. The van der Waals surface area contributed by atoms with Gasteiger partial charge in [-0.3, -0.25) is 18.8 Å². The fraction of sp³-hybridized carbons (Fsp3) is 0.265. The molecule has 230 valence electrons. The molecule has 11 heteroatoms. The van der Waals surface area contributed by atoms with Crippen LogP contribution < -0.4 is 15.7 Å². The van der Waals surface area contributed by atoms with E-state index in [4.69, 9.17) is 16.3 Å². The van der Waals surface area contributed by atoms with Crippen LogP contribution in [0.5, 0.6) is 5.75 Å². The van der Waals surface area contributed by atoms with Gasteiger partial charge in [-0.1, -0.05) is 35.9 Å². The first-order chi connectivity index (χ1) is 21.9. The molecule has 7 rings (SSSR count). The number of aromatic nitrogens is 4. The molecule has 2 aliphatic rings. The molecule has 1 saturated carbocycles. The maximum Gasteiger partial charge on any atom is 0.333 e. The zero-order valence-corrected chi connectivity index (χ0v) is 27.0. The molecule has 0 unspecified atom stereocenters. The van der Waals surface area contributed by atoms with Crippen LogP contribution in [0.15, 0.2) is 94.5 Å². The molecule has 3 aromatic carbocycles. The third kappa shape index (κ3) is 6.10. The molecule has 1 amide bonds. The summed E-state index contributed by atoms with van der Waals surface area (Å²) in [7, 11) is 0. The molecule has 1 aliphatic carbocycles. The standard InChI is InChI=1S/C34H32BrClN6O3/c1-22(27-5-2-3-6-30(27)41-16-4-15-37-41)38-33(43)32-31-21-39(20-23-7-14-28(35)29(36)19-23)17-18-40(31)34(44)42(32)24-8-10-25(11-9-24)45-26-12-13-26/h2-11,14-16,19,22,26H,12-13,17-18,20-21H2,1H3,(H,38,43)/t22-/m0/s1. The molecule has 0 radical (unpaired) electrons. The number of fused-ring (bicyclic) bond motifs is 1. The molecular formula is C34H32BrClN6O3. The summed E-state index contributed by atoms with van der Waals surface area (Å²) in [6.07, 6.45) is 5.98. The normalized spacial score (nSPS) is 15.4. The van der Waals surface area contributed by atoms with Gasteiger partial charge in [0.2, 0.25) is 0 Å². The molecule has 9 nitrogen and oxygen atoms in total. The van der Waals surface area contributed by atoms with Gasteiger partial charge in [-0.15, -0.1) is 0 Å². The first-order valence-corrected chi connectivity index (χ1v) is 16.2. The Bertz CT molecular complexity index is 1910. The van der Waals surface area contributed by atoms with Crippen LogP contribution in [0.1, 0.15) is 53.1 Å². The quantitative estimate of drug-likeness (QED) is 0.197. The van der Waals surface area contributed by atoms with Gasteiger partial charge in [0.25, 0.3) is 5.91 Å². The van der Waals surface area contributed by atoms with Crippen LogP contribution >= 0.6 is 27.5 Å². The third-order valence-corrected chi connectivity index (χ3v) is 9.52. The zero-order valence-electron chi connectivity index (χ0n) is 24.7. The first-order valence-electron chi connectivity index (χ1n) is 15.0. The molecule has 0 spiro atoms. The van der Waals surface area contributed by atoms with Gasteiger partial charge in [0.15, 0.2) is 0 Å². The van der Waals surface area contributed by atoms with E-state index < -0.39 is 0 Å². The highest BCUT2D eigenvalue weighted by atomic mass is 79.9. The lowest BCUT2D eigenvalue weighted by atomic mass is 10.1. The lowest BCUT2D eigenvalue weighted by Gasteiger charge is -2.28. The van der Waals surface area contributed by atoms with Crippen LogP contribution in [-0.4, -0.2) is 42.4 Å². The minimum absolute atomic E-state index is 0.234. The SMILES string of the molecule is C[C@H](NC(=O)c1c2n(c(=O)n1-c1ccc(OC3CC3)cc1)CCN(Cc1ccc(Br)c(Cl)c1)C2)c1ccccc1-n1cccn1. The van der Waals surface area contributed by atoms with E-state index in [1.165, 1.54) is 4.57 Å². The Hall–Kier alpha value is -4.12. The van der Waals surface area contributed by atoms with Crippen LogP contribution in [0.4, 0.5) is 0 Å². The van der Waals surface area contributed by atoms with Crippen molar-refractivity contribution in [3.8, 4) is 17.1 Å². The van der Waals surface area contributed by atoms with Crippen molar-refractivity contribution in [3.05, 3.63) is 128 Å². The van der Waals surface area contributed by atoms with Crippen molar-refractivity contribution in [2.75, 3.05) is 6.54 Å². The van der Waals surface area contributed by atoms with Gasteiger partial charge >= 0.3 is 5.69 Å². The van der Waals surface area contributed by atoms with E-state index in [2.05, 4.69) is 31.2 Å². The molecule has 0 saturated heterocycles. The van der Waals surface area contributed by atoms with Crippen molar-refractivity contribution in [1.29, 1.82) is 0 Å². The van der Waals surface area contributed by atoms with Crippen LogP contribution in [0.2, 0.25) is 5.02 Å². The summed E-state index contributed by atoms with van der Waals surface area (Å²) in [6, 6.07) is 22.7. The monoisotopic (exact) mass is 686 g/mol. The Morgan fingerprint density at radius 1 is 1.09 bits per heavy atom. The van der Waals surface area contributed by atoms with Crippen molar-refractivity contribution < 1.29 is 9.53 Å². The van der Waals surface area contributed by atoms with Gasteiger partial charge in [0.1, 0.15) is 11.4 Å². The highest BCUT2D eigenvalue weighted by Gasteiger charge is 2.31. The van der Waals surface area contributed by atoms with Crippen LogP contribution in [0.25, 0.3) is 11.4 Å². The Morgan fingerprint density at radius 3 is 2.62 bits per heavy atom. The number of amides is 1. The van der Waals surface area contributed by atoms with Gasteiger partial charge in [0, 0.05) is 43.0 Å². The Labute approximate surface area is 274 Å². The predicted molar refractivity (Wildman–Crippen MR) is 176 cm³/mol. The summed E-state index contributed by atoms with van der Waals surface area (Å²) in [5.74, 6) is 0.433. The topological polar surface area (TPSA) is 86.3 Å². The summed E-state index contributed by atoms with van der Waals surface area (Å²) < 4.78 is 11.8. The van der Waals surface area contributed by atoms with E-state index in [1.54, 1.807) is 15.4 Å². The minimum atomic E-state index is -0.365. The second kappa shape index (κ2) is 12.3. The molecule has 2 aromatic heterocycles. The van der Waals surface area contributed by atoms with E-state index in [-0.39, 0.29) is 23.7 Å². The van der Waals surface area contributed by atoms with Gasteiger partial charge in [0.05, 0.1) is 34.2 Å². The summed E-state index contributed by atoms with van der Waals surface area (Å²) in [4.78, 5) is 30.5. The minimum Gasteiger partial charge on any atom is -0.490 e. The number of carbonyl (C=O) groups is 1. The fourth-order valence-electron chi connectivity index (χ4n) is 5.88. The Morgan fingerprint density at radius 2 is 1.89 bits per heavy atom. The van der Waals surface area contributed by atoms with Crippen molar-refractivity contribution in [1.82, 2.24) is 29.1 Å². The number of carbonyl (C=O) groups excluding carboxylic acids is 1. The number of para-hydroxylation sites is 1. The predicted octanol–water partition coefficient (Wildman–Crippen LogP) is 6.29. The summed E-state index contributed by atoms with van der Waals surface area (Å²) in [5.41, 5.74) is 4.23. The molecule has 0 bridgehead atoms. The number of nitrogens with one attached hydrogen (secondary N) is 1. The average Bonchev–Trinajstić information content (AvgIpc) is 3.58. The summed E-state index contributed by atoms with van der Waals surface area (Å²) in [6.45, 7) is 4.13. The lowest BCUT2D eigenvalue weighted by Crippen LogP contribution is -2.37. The van der Waals surface area contributed by atoms with Crippen LogP contribution in [0, 0.1) is 0 Å². The van der Waals surface area contributed by atoms with Gasteiger partial charge in [-0.05, 0) is 95.4 Å². The third-order valence-electron chi connectivity index (χ3n) is 8.29. The number of hydrogen-bond donors (Lipinski definition) is 1. The molecule has 1 aliphatic heterocycles. The van der Waals surface area contributed by atoms with Gasteiger partial charge in [-0.2, -0.15) is 5.10 Å². The second-order valence-corrected chi connectivity index (χ2v) is 12.8. The van der Waals surface area contributed by atoms with Gasteiger partial charge < -0.3 is 10.1 Å². The number of halogens is 2. The van der Waals surface area contributed by atoms with E-state index in [1.807, 2.05) is 85.9 Å². The average molecular weight is 688 g/mol. The van der Waals surface area contributed by atoms with E-state index in [9.17, 15) is 9.59 Å². The number of rotatable bonds is 9. The molecule has 1 atom stereocenters. The second-order valence-electron chi connectivity index (χ2n) is 11.5. The number of ether oxygens (including phenoxy) is 1. The summed E-state index contributed by atoms with van der Waals surface area (Å²) >= 11 is 9.84. The maximum absolute atomic E-state index is 14.3. The van der Waals surface area contributed by atoms with E-state index >= 15 is 0 Å². The molecular weight excluding hydrogens is 656 g/mol. The van der Waals surface area contributed by atoms with Crippen LogP contribution in [-0.2, 0) is 19.6 Å². The molecule has 5 aromatic rings. The molecule has 3 heterocycles. The smallest absolute Gasteiger partial charge is 0.333 e. The van der Waals surface area contributed by atoms with E-state index in [0.717, 1.165) is 39.9 Å². The van der Waals surface area contributed by atoms with E-state index in [0.29, 0.717) is 48.3 Å². The van der Waals surface area contributed by atoms with Gasteiger partial charge in [-0.25, -0.2) is 9.48 Å². The highest BCUT2D eigenvalue weighted by molar-refractivity contribution is 9.10. The summed E-state index contributed by atoms with van der Waals surface area (Å²) in [5, 5.41) is 8.23. The Kier molecular flexibility index (Phi) is 8.12.